The molecule has 0 radical (unpaired) electrons. The minimum atomic E-state index is 0.0602. The average molecular weight is 346 g/mol. The average Bonchev–Trinajstić information content (AvgIpc) is 3.10. The van der Waals surface area contributed by atoms with Crippen molar-refractivity contribution in [1.82, 2.24) is 19.5 Å². The van der Waals surface area contributed by atoms with Crippen molar-refractivity contribution in [2.24, 2.45) is 0 Å². The standard InChI is InChI=1S/C21H22N4O/c1-16-6-4-7-17(14-16)10-11-20(26)24-12-5-8-18(15-24)21-23-22-19-9-2-3-13-25(19)21/h2-4,6-7,9-11,13-14,18H,5,8,12,15H2,1H3/b11-10+. The molecule has 3 heterocycles. The van der Waals surface area contributed by atoms with Gasteiger partial charge in [0.2, 0.25) is 5.91 Å². The van der Waals surface area contributed by atoms with Crippen molar-refractivity contribution in [1.29, 1.82) is 0 Å². The molecule has 1 saturated heterocycles. The highest BCUT2D eigenvalue weighted by atomic mass is 16.2. The monoisotopic (exact) mass is 346 g/mol. The van der Waals surface area contributed by atoms with Gasteiger partial charge in [0, 0.05) is 31.3 Å². The second-order valence-electron chi connectivity index (χ2n) is 6.86. The molecule has 132 valence electrons. The van der Waals surface area contributed by atoms with Crippen LogP contribution < -0.4 is 0 Å². The summed E-state index contributed by atoms with van der Waals surface area (Å²) >= 11 is 0. The highest BCUT2D eigenvalue weighted by molar-refractivity contribution is 5.91. The first kappa shape index (κ1) is 16.5. The third-order valence-corrected chi connectivity index (χ3v) is 4.90. The summed E-state index contributed by atoms with van der Waals surface area (Å²) in [6, 6.07) is 14.0. The summed E-state index contributed by atoms with van der Waals surface area (Å²) in [7, 11) is 0. The zero-order valence-electron chi connectivity index (χ0n) is 14.9. The summed E-state index contributed by atoms with van der Waals surface area (Å²) in [6.07, 6.45) is 7.57. The number of carbonyl (C=O) groups is 1. The van der Waals surface area contributed by atoms with Crippen LogP contribution in [-0.4, -0.2) is 38.5 Å². The van der Waals surface area contributed by atoms with Gasteiger partial charge in [-0.25, -0.2) is 0 Å². The van der Waals surface area contributed by atoms with E-state index in [1.807, 2.05) is 51.9 Å². The van der Waals surface area contributed by atoms with Crippen LogP contribution in [0.5, 0.6) is 0 Å². The van der Waals surface area contributed by atoms with Crippen molar-refractivity contribution in [3.63, 3.8) is 0 Å². The first-order chi connectivity index (χ1) is 12.7. The lowest BCUT2D eigenvalue weighted by Gasteiger charge is -2.31. The maximum Gasteiger partial charge on any atom is 0.246 e. The molecule has 0 N–H and O–H groups in total. The van der Waals surface area contributed by atoms with Crippen LogP contribution in [0.2, 0.25) is 0 Å². The van der Waals surface area contributed by atoms with Crippen LogP contribution in [-0.2, 0) is 4.79 Å². The lowest BCUT2D eigenvalue weighted by Crippen LogP contribution is -2.38. The zero-order chi connectivity index (χ0) is 17.9. The number of benzene rings is 1. The van der Waals surface area contributed by atoms with Crippen LogP contribution in [0, 0.1) is 6.92 Å². The predicted octanol–water partition coefficient (Wildman–Crippen LogP) is 3.46. The van der Waals surface area contributed by atoms with Crippen molar-refractivity contribution in [2.75, 3.05) is 13.1 Å². The fraction of sp³-hybridized carbons (Fsp3) is 0.286. The van der Waals surface area contributed by atoms with E-state index in [0.29, 0.717) is 6.54 Å². The molecule has 1 fully saturated rings. The van der Waals surface area contributed by atoms with Crippen molar-refractivity contribution in [3.8, 4) is 0 Å². The zero-order valence-corrected chi connectivity index (χ0v) is 14.9. The highest BCUT2D eigenvalue weighted by Crippen LogP contribution is 2.26. The number of fused-ring (bicyclic) bond motifs is 1. The number of likely N-dealkylation sites (tertiary alicyclic amines) is 1. The summed E-state index contributed by atoms with van der Waals surface area (Å²) in [5.41, 5.74) is 3.09. The van der Waals surface area contributed by atoms with Gasteiger partial charge in [-0.2, -0.15) is 0 Å². The van der Waals surface area contributed by atoms with Crippen LogP contribution in [0.4, 0.5) is 0 Å². The van der Waals surface area contributed by atoms with E-state index in [-0.39, 0.29) is 11.8 Å². The van der Waals surface area contributed by atoms with E-state index >= 15 is 0 Å². The van der Waals surface area contributed by atoms with E-state index in [1.165, 1.54) is 5.56 Å². The van der Waals surface area contributed by atoms with Crippen molar-refractivity contribution < 1.29 is 4.79 Å². The van der Waals surface area contributed by atoms with Gasteiger partial charge in [0.25, 0.3) is 0 Å². The Labute approximate surface area is 153 Å². The number of aromatic nitrogens is 3. The molecule has 1 aliphatic heterocycles. The molecule has 0 spiro atoms. The number of piperidine rings is 1. The molecule has 4 rings (SSSR count). The summed E-state index contributed by atoms with van der Waals surface area (Å²) in [5.74, 6) is 1.23. The van der Waals surface area contributed by atoms with Gasteiger partial charge in [-0.3, -0.25) is 9.20 Å². The Morgan fingerprint density at radius 3 is 3.00 bits per heavy atom. The molecular weight excluding hydrogens is 324 g/mol. The number of hydrogen-bond donors (Lipinski definition) is 0. The molecule has 0 saturated carbocycles. The summed E-state index contributed by atoms with van der Waals surface area (Å²) < 4.78 is 2.03. The second kappa shape index (κ2) is 7.12. The van der Waals surface area contributed by atoms with E-state index in [2.05, 4.69) is 29.3 Å². The molecule has 5 nitrogen and oxygen atoms in total. The number of hydrogen-bond acceptors (Lipinski definition) is 3. The summed E-state index contributed by atoms with van der Waals surface area (Å²) in [6.45, 7) is 3.54. The Kier molecular flexibility index (Phi) is 4.52. The van der Waals surface area contributed by atoms with Crippen LogP contribution in [0.1, 0.15) is 35.7 Å². The molecule has 1 aliphatic rings. The molecule has 0 bridgehead atoms. The molecule has 2 aromatic heterocycles. The molecule has 1 atom stereocenters. The third kappa shape index (κ3) is 3.38. The Balaban J connectivity index is 1.49. The number of aryl methyl sites for hydroxylation is 1. The Morgan fingerprint density at radius 1 is 1.19 bits per heavy atom. The summed E-state index contributed by atoms with van der Waals surface area (Å²) in [4.78, 5) is 14.6. The highest BCUT2D eigenvalue weighted by Gasteiger charge is 2.26. The van der Waals surface area contributed by atoms with Crippen molar-refractivity contribution in [3.05, 3.63) is 71.7 Å². The number of rotatable bonds is 3. The van der Waals surface area contributed by atoms with Crippen LogP contribution >= 0.6 is 0 Å². The molecule has 26 heavy (non-hydrogen) atoms. The van der Waals surface area contributed by atoms with E-state index in [1.54, 1.807) is 6.08 Å². The normalized spacial score (nSPS) is 17.9. The van der Waals surface area contributed by atoms with Crippen molar-refractivity contribution in [2.45, 2.75) is 25.7 Å². The molecule has 1 aromatic carbocycles. The quantitative estimate of drug-likeness (QED) is 0.683. The maximum atomic E-state index is 12.6. The molecular formula is C21H22N4O. The number of nitrogens with zero attached hydrogens (tertiary/aromatic N) is 4. The third-order valence-electron chi connectivity index (χ3n) is 4.90. The van der Waals surface area contributed by atoms with Gasteiger partial charge in [-0.05, 0) is 43.5 Å². The van der Waals surface area contributed by atoms with Gasteiger partial charge < -0.3 is 4.90 Å². The molecule has 1 amide bonds. The smallest absolute Gasteiger partial charge is 0.246 e. The minimum absolute atomic E-state index is 0.0602. The van der Waals surface area contributed by atoms with E-state index < -0.39 is 0 Å². The van der Waals surface area contributed by atoms with E-state index in [9.17, 15) is 4.79 Å². The minimum Gasteiger partial charge on any atom is -0.338 e. The van der Waals surface area contributed by atoms with Crippen LogP contribution in [0.25, 0.3) is 11.7 Å². The van der Waals surface area contributed by atoms with Gasteiger partial charge in [0.1, 0.15) is 5.82 Å². The number of pyridine rings is 1. The number of amides is 1. The fourth-order valence-corrected chi connectivity index (χ4v) is 3.57. The second-order valence-corrected chi connectivity index (χ2v) is 6.86. The largest absolute Gasteiger partial charge is 0.338 e. The molecule has 0 aliphatic carbocycles. The SMILES string of the molecule is Cc1cccc(/C=C/C(=O)N2CCCC(c3nnc4ccccn34)C2)c1. The molecule has 3 aromatic rings. The van der Waals surface area contributed by atoms with Crippen LogP contribution in [0.15, 0.2) is 54.7 Å². The topological polar surface area (TPSA) is 50.5 Å². The lowest BCUT2D eigenvalue weighted by atomic mass is 9.97. The molecule has 1 unspecified atom stereocenters. The number of carbonyl (C=O) groups excluding carboxylic acids is 1. The summed E-state index contributed by atoms with van der Waals surface area (Å²) in [5, 5.41) is 8.62. The van der Waals surface area contributed by atoms with Crippen molar-refractivity contribution >= 4 is 17.6 Å². The van der Waals surface area contributed by atoms with Gasteiger partial charge in [-0.1, -0.05) is 35.9 Å². The van der Waals surface area contributed by atoms with Gasteiger partial charge >= 0.3 is 0 Å². The van der Waals surface area contributed by atoms with E-state index in [0.717, 1.165) is 36.4 Å². The first-order valence-corrected chi connectivity index (χ1v) is 9.04. The van der Waals surface area contributed by atoms with Crippen LogP contribution in [0.3, 0.4) is 0 Å². The maximum absolute atomic E-state index is 12.6. The van der Waals surface area contributed by atoms with Gasteiger partial charge in [0.05, 0.1) is 0 Å². The predicted molar refractivity (Wildman–Crippen MR) is 102 cm³/mol. The Hall–Kier alpha value is -2.95. The van der Waals surface area contributed by atoms with Gasteiger partial charge in [-0.15, -0.1) is 10.2 Å². The van der Waals surface area contributed by atoms with Gasteiger partial charge in [0.15, 0.2) is 5.65 Å². The Morgan fingerprint density at radius 2 is 2.12 bits per heavy atom. The lowest BCUT2D eigenvalue weighted by molar-refractivity contribution is -0.127. The Bertz CT molecular complexity index is 959. The molecule has 5 heteroatoms. The van der Waals surface area contributed by atoms with E-state index in [4.69, 9.17) is 0 Å². The first-order valence-electron chi connectivity index (χ1n) is 9.04. The fourth-order valence-electron chi connectivity index (χ4n) is 3.57.